The van der Waals surface area contributed by atoms with Gasteiger partial charge in [-0.1, -0.05) is 11.6 Å². The second kappa shape index (κ2) is 11.3. The molecule has 0 atom stereocenters. The van der Waals surface area contributed by atoms with E-state index in [0.29, 0.717) is 36.0 Å². The Balaban J connectivity index is 2.16. The number of rotatable bonds is 11. The molecule has 0 radical (unpaired) electrons. The molecule has 0 aliphatic rings. The zero-order valence-electron chi connectivity index (χ0n) is 17.3. The number of hydrogen-bond acceptors (Lipinski definition) is 5. The molecule has 0 spiro atoms. The van der Waals surface area contributed by atoms with Crippen molar-refractivity contribution in [3.05, 3.63) is 53.1 Å². The fourth-order valence-electron chi connectivity index (χ4n) is 2.53. The van der Waals surface area contributed by atoms with Gasteiger partial charge < -0.3 is 14.8 Å². The summed E-state index contributed by atoms with van der Waals surface area (Å²) in [4.78, 5) is 12.6. The number of ether oxygens (including phenoxy) is 2. The van der Waals surface area contributed by atoms with Crippen LogP contribution in [0.4, 0.5) is 5.69 Å². The van der Waals surface area contributed by atoms with Crippen LogP contribution in [0, 0.1) is 0 Å². The standard InChI is InChI=1S/C21H27ClN2O5S/c1-4-28-20-11-10-18(30(26,27)23-12-5-13-29-15(2)3)14-19(20)24-21(25)16-6-8-17(22)9-7-16/h6-11,14-15,23H,4-5,12-13H2,1-3H3,(H,24,25). The molecule has 0 unspecified atom stereocenters. The summed E-state index contributed by atoms with van der Waals surface area (Å²) in [7, 11) is -3.75. The van der Waals surface area contributed by atoms with E-state index >= 15 is 0 Å². The number of amides is 1. The van der Waals surface area contributed by atoms with Crippen LogP contribution in [0.5, 0.6) is 5.75 Å². The van der Waals surface area contributed by atoms with Crippen LogP contribution in [-0.2, 0) is 14.8 Å². The van der Waals surface area contributed by atoms with Crippen LogP contribution in [0.3, 0.4) is 0 Å². The number of nitrogens with one attached hydrogen (secondary N) is 2. The lowest BCUT2D eigenvalue weighted by atomic mass is 10.2. The van der Waals surface area contributed by atoms with Crippen LogP contribution in [0.1, 0.15) is 37.6 Å². The normalized spacial score (nSPS) is 11.5. The summed E-state index contributed by atoms with van der Waals surface area (Å²) >= 11 is 5.86. The van der Waals surface area contributed by atoms with Crippen molar-refractivity contribution in [2.45, 2.75) is 38.2 Å². The van der Waals surface area contributed by atoms with Crippen molar-refractivity contribution in [2.75, 3.05) is 25.1 Å². The van der Waals surface area contributed by atoms with Crippen molar-refractivity contribution < 1.29 is 22.7 Å². The molecule has 1 amide bonds. The Hall–Kier alpha value is -2.13. The van der Waals surface area contributed by atoms with Crippen LogP contribution < -0.4 is 14.8 Å². The molecule has 0 bridgehead atoms. The first kappa shape index (κ1) is 24.1. The fraction of sp³-hybridized carbons (Fsp3) is 0.381. The molecule has 0 aliphatic heterocycles. The van der Waals surface area contributed by atoms with Crippen LogP contribution in [0.25, 0.3) is 0 Å². The SMILES string of the molecule is CCOc1ccc(S(=O)(=O)NCCCOC(C)C)cc1NC(=O)c1ccc(Cl)cc1. The molecule has 0 saturated carbocycles. The van der Waals surface area contributed by atoms with Crippen molar-refractivity contribution in [3.8, 4) is 5.75 Å². The maximum absolute atomic E-state index is 12.6. The first-order valence-corrected chi connectivity index (χ1v) is 11.5. The third-order valence-electron chi connectivity index (χ3n) is 3.98. The van der Waals surface area contributed by atoms with Crippen LogP contribution in [0.2, 0.25) is 5.02 Å². The van der Waals surface area contributed by atoms with Gasteiger partial charge in [0.1, 0.15) is 5.75 Å². The summed E-state index contributed by atoms with van der Waals surface area (Å²) in [6.45, 7) is 6.72. The second-order valence-electron chi connectivity index (χ2n) is 6.72. The van der Waals surface area contributed by atoms with Crippen molar-refractivity contribution in [1.82, 2.24) is 4.72 Å². The number of carbonyl (C=O) groups is 1. The minimum Gasteiger partial charge on any atom is -0.492 e. The highest BCUT2D eigenvalue weighted by atomic mass is 35.5. The molecule has 2 N–H and O–H groups in total. The molecule has 0 aliphatic carbocycles. The van der Waals surface area contributed by atoms with E-state index in [-0.39, 0.29) is 23.2 Å². The van der Waals surface area contributed by atoms with Crippen molar-refractivity contribution in [1.29, 1.82) is 0 Å². The number of hydrogen-bond donors (Lipinski definition) is 2. The lowest BCUT2D eigenvalue weighted by Crippen LogP contribution is -2.26. The van der Waals surface area contributed by atoms with Gasteiger partial charge in [-0.05, 0) is 69.7 Å². The van der Waals surface area contributed by atoms with E-state index in [0.717, 1.165) is 0 Å². The fourth-order valence-corrected chi connectivity index (χ4v) is 3.76. The summed E-state index contributed by atoms with van der Waals surface area (Å²) in [5, 5.41) is 3.23. The maximum Gasteiger partial charge on any atom is 0.255 e. The van der Waals surface area contributed by atoms with Crippen molar-refractivity contribution in [2.24, 2.45) is 0 Å². The van der Waals surface area contributed by atoms with Gasteiger partial charge in [0.25, 0.3) is 5.91 Å². The molecule has 2 aromatic rings. The zero-order chi connectivity index (χ0) is 22.1. The van der Waals surface area contributed by atoms with Gasteiger partial charge in [0.15, 0.2) is 0 Å². The third kappa shape index (κ3) is 7.28. The van der Waals surface area contributed by atoms with Crippen LogP contribution >= 0.6 is 11.6 Å². The molecule has 0 heterocycles. The van der Waals surface area contributed by atoms with Gasteiger partial charge in [-0.2, -0.15) is 0 Å². The van der Waals surface area contributed by atoms with E-state index < -0.39 is 15.9 Å². The van der Waals surface area contributed by atoms with E-state index in [1.807, 2.05) is 13.8 Å². The van der Waals surface area contributed by atoms with Crippen molar-refractivity contribution in [3.63, 3.8) is 0 Å². The molecule has 164 valence electrons. The van der Waals surface area contributed by atoms with Crippen LogP contribution in [0.15, 0.2) is 47.4 Å². The zero-order valence-corrected chi connectivity index (χ0v) is 18.8. The molecule has 2 aromatic carbocycles. The van der Waals surface area contributed by atoms with E-state index in [2.05, 4.69) is 10.0 Å². The number of sulfonamides is 1. The largest absolute Gasteiger partial charge is 0.492 e. The lowest BCUT2D eigenvalue weighted by molar-refractivity contribution is 0.0778. The molecule has 0 saturated heterocycles. The summed E-state index contributed by atoms with van der Waals surface area (Å²) in [6, 6.07) is 10.7. The molecule has 30 heavy (non-hydrogen) atoms. The Bertz CT molecular complexity index is 946. The molecular weight excluding hydrogens is 428 g/mol. The average molecular weight is 455 g/mol. The topological polar surface area (TPSA) is 93.7 Å². The molecule has 9 heteroatoms. The predicted octanol–water partition coefficient (Wildman–Crippen LogP) is 4.08. The molecule has 0 fully saturated rings. The average Bonchev–Trinajstić information content (AvgIpc) is 2.69. The monoisotopic (exact) mass is 454 g/mol. The highest BCUT2D eigenvalue weighted by molar-refractivity contribution is 7.89. The minimum absolute atomic E-state index is 0.0298. The predicted molar refractivity (Wildman–Crippen MR) is 118 cm³/mol. The van der Waals surface area contributed by atoms with Gasteiger partial charge >= 0.3 is 0 Å². The summed E-state index contributed by atoms with van der Waals surface area (Å²) in [5.41, 5.74) is 0.654. The number of halogens is 1. The van der Waals surface area contributed by atoms with E-state index in [1.54, 1.807) is 31.2 Å². The Morgan fingerprint density at radius 2 is 1.83 bits per heavy atom. The van der Waals surface area contributed by atoms with Gasteiger partial charge in [-0.15, -0.1) is 0 Å². The quantitative estimate of drug-likeness (QED) is 0.499. The Morgan fingerprint density at radius 1 is 1.13 bits per heavy atom. The molecule has 2 rings (SSSR count). The Morgan fingerprint density at radius 3 is 2.47 bits per heavy atom. The minimum atomic E-state index is -3.75. The van der Waals surface area contributed by atoms with Crippen LogP contribution in [-0.4, -0.2) is 40.2 Å². The van der Waals surface area contributed by atoms with Gasteiger partial charge in [-0.25, -0.2) is 13.1 Å². The Kier molecular flexibility index (Phi) is 9.10. The lowest BCUT2D eigenvalue weighted by Gasteiger charge is -2.14. The van der Waals surface area contributed by atoms with Gasteiger partial charge in [0.05, 0.1) is 23.3 Å². The summed E-state index contributed by atoms with van der Waals surface area (Å²) in [5.74, 6) is -0.0231. The number of anilines is 1. The van der Waals surface area contributed by atoms with E-state index in [9.17, 15) is 13.2 Å². The van der Waals surface area contributed by atoms with Gasteiger partial charge in [0.2, 0.25) is 10.0 Å². The highest BCUT2D eigenvalue weighted by Crippen LogP contribution is 2.28. The molecular formula is C21H27ClN2O5S. The number of carbonyl (C=O) groups excluding carboxylic acids is 1. The molecule has 0 aromatic heterocycles. The second-order valence-corrected chi connectivity index (χ2v) is 8.93. The highest BCUT2D eigenvalue weighted by Gasteiger charge is 2.18. The first-order valence-electron chi connectivity index (χ1n) is 9.68. The maximum atomic E-state index is 12.6. The first-order chi connectivity index (χ1) is 14.2. The Labute approximate surface area is 182 Å². The summed E-state index contributed by atoms with van der Waals surface area (Å²) in [6.07, 6.45) is 0.647. The summed E-state index contributed by atoms with van der Waals surface area (Å²) < 4.78 is 38.7. The van der Waals surface area contributed by atoms with E-state index in [4.69, 9.17) is 21.1 Å². The van der Waals surface area contributed by atoms with Gasteiger partial charge in [-0.3, -0.25) is 4.79 Å². The third-order valence-corrected chi connectivity index (χ3v) is 5.69. The smallest absolute Gasteiger partial charge is 0.255 e. The van der Waals surface area contributed by atoms with Gasteiger partial charge in [0, 0.05) is 23.7 Å². The number of benzene rings is 2. The molecule has 7 nitrogen and oxygen atoms in total. The van der Waals surface area contributed by atoms with Crippen molar-refractivity contribution >= 4 is 33.2 Å². The van der Waals surface area contributed by atoms with E-state index in [1.165, 1.54) is 18.2 Å².